The zero-order valence-corrected chi connectivity index (χ0v) is 12.6. The highest BCUT2D eigenvalue weighted by Crippen LogP contribution is 2.35. The molecule has 0 saturated carbocycles. The molecule has 0 saturated heterocycles. The molecule has 0 aliphatic rings. The minimum atomic E-state index is -0.00629. The van der Waals surface area contributed by atoms with Crippen LogP contribution in [0.25, 0.3) is 0 Å². The maximum absolute atomic E-state index is 4.11. The summed E-state index contributed by atoms with van der Waals surface area (Å²) in [6.45, 7) is 11.3. The molecular formula is C14H21I. The number of halogens is 1. The Bertz CT molecular complexity index is 339. The van der Waals surface area contributed by atoms with Gasteiger partial charge in [-0.3, -0.25) is 0 Å². The fraction of sp³-hybridized carbons (Fsp3) is 0.500. The third-order valence-corrected chi connectivity index (χ3v) is 5.30. The summed E-state index contributed by atoms with van der Waals surface area (Å²) in [6.07, 6.45) is 0. The van der Waals surface area contributed by atoms with Gasteiger partial charge < -0.3 is 0 Å². The third kappa shape index (κ3) is 3.13. The summed E-state index contributed by atoms with van der Waals surface area (Å²) in [7, 11) is 0. The molecule has 0 nitrogen and oxygen atoms in total. The number of hydrogen-bond acceptors (Lipinski definition) is 0. The standard InChI is InChI=1S/C14H21I/c1-13(2,3)11-7-9-12(10-8-11)14(4,5)15-6/h7-10H,6H2,1-5H3. The normalized spacial score (nSPS) is 12.9. The Morgan fingerprint density at radius 1 is 0.867 bits per heavy atom. The zero-order valence-electron chi connectivity index (χ0n) is 10.4. The second-order valence-electron chi connectivity index (χ2n) is 5.43. The fourth-order valence-corrected chi connectivity index (χ4v) is 2.24. The van der Waals surface area contributed by atoms with Crippen molar-refractivity contribution in [2.45, 2.75) is 43.5 Å². The van der Waals surface area contributed by atoms with Gasteiger partial charge in [-0.1, -0.05) is 49.6 Å². The van der Waals surface area contributed by atoms with Crippen LogP contribution >= 0.6 is 20.7 Å². The van der Waals surface area contributed by atoms with E-state index in [1.54, 1.807) is 0 Å². The largest absolute Gasteiger partial charge is 0.119 e. The van der Waals surface area contributed by atoms with Crippen molar-refractivity contribution in [3.63, 3.8) is 0 Å². The van der Waals surface area contributed by atoms with Crippen molar-refractivity contribution in [2.24, 2.45) is 0 Å². The van der Waals surface area contributed by atoms with Gasteiger partial charge in [-0.15, -0.1) is 20.7 Å². The van der Waals surface area contributed by atoms with Crippen molar-refractivity contribution in [3.05, 3.63) is 35.4 Å². The first-order valence-electron chi connectivity index (χ1n) is 5.28. The molecule has 1 heteroatoms. The van der Waals surface area contributed by atoms with Crippen LogP contribution in [0.2, 0.25) is 0 Å². The van der Waals surface area contributed by atoms with Crippen LogP contribution in [0.3, 0.4) is 0 Å². The van der Waals surface area contributed by atoms with Crippen molar-refractivity contribution < 1.29 is 0 Å². The SMILES string of the molecule is C=IC(C)(C)c1ccc(C(C)(C)C)cc1. The second-order valence-corrected chi connectivity index (χ2v) is 8.89. The molecule has 0 aliphatic carbocycles. The van der Waals surface area contributed by atoms with Crippen LogP contribution in [-0.2, 0) is 8.84 Å². The van der Waals surface area contributed by atoms with Gasteiger partial charge in [0.25, 0.3) is 0 Å². The lowest BCUT2D eigenvalue weighted by Gasteiger charge is -2.23. The summed E-state index contributed by atoms with van der Waals surface area (Å²) >= 11 is -0.00629. The summed E-state index contributed by atoms with van der Waals surface area (Å²) < 4.78 is 4.42. The Morgan fingerprint density at radius 3 is 1.60 bits per heavy atom. The average molecular weight is 316 g/mol. The number of benzene rings is 1. The first-order valence-corrected chi connectivity index (χ1v) is 7.88. The molecular weight excluding hydrogens is 295 g/mol. The molecule has 0 amide bonds. The van der Waals surface area contributed by atoms with Gasteiger partial charge in [0.15, 0.2) is 0 Å². The van der Waals surface area contributed by atoms with Crippen LogP contribution in [0.15, 0.2) is 24.3 Å². The maximum Gasteiger partial charge on any atom is 0.0361 e. The van der Waals surface area contributed by atoms with Gasteiger partial charge >= 0.3 is 0 Å². The Hall–Kier alpha value is -0.180. The van der Waals surface area contributed by atoms with Gasteiger partial charge in [0.2, 0.25) is 0 Å². The van der Waals surface area contributed by atoms with Crippen LogP contribution in [0.4, 0.5) is 0 Å². The fourth-order valence-electron chi connectivity index (χ4n) is 1.44. The molecule has 0 radical (unpaired) electrons. The number of rotatable bonds is 2. The maximum atomic E-state index is 4.11. The smallest absolute Gasteiger partial charge is 0.0361 e. The summed E-state index contributed by atoms with van der Waals surface area (Å²) in [5, 5.41) is 0. The van der Waals surface area contributed by atoms with E-state index in [1.807, 2.05) is 0 Å². The zero-order chi connectivity index (χ0) is 11.7. The molecule has 1 rings (SSSR count). The van der Waals surface area contributed by atoms with Crippen LogP contribution in [0.1, 0.15) is 45.7 Å². The lowest BCUT2D eigenvalue weighted by molar-refractivity contribution is 0.589. The summed E-state index contributed by atoms with van der Waals surface area (Å²) in [4.78, 5) is 0. The highest BCUT2D eigenvalue weighted by molar-refractivity contribution is 14.2. The molecule has 0 N–H and O–H groups in total. The molecule has 0 atom stereocenters. The van der Waals surface area contributed by atoms with E-state index < -0.39 is 0 Å². The van der Waals surface area contributed by atoms with Crippen LogP contribution in [0, 0.1) is 0 Å². The van der Waals surface area contributed by atoms with E-state index in [0.717, 1.165) is 0 Å². The van der Waals surface area contributed by atoms with Gasteiger partial charge in [0.05, 0.1) is 0 Å². The van der Waals surface area contributed by atoms with E-state index in [2.05, 4.69) is 63.4 Å². The van der Waals surface area contributed by atoms with E-state index in [-0.39, 0.29) is 26.1 Å². The minimum Gasteiger partial charge on any atom is -0.119 e. The highest BCUT2D eigenvalue weighted by Gasteiger charge is 2.18. The van der Waals surface area contributed by atoms with Crippen molar-refractivity contribution in [3.8, 4) is 0 Å². The highest BCUT2D eigenvalue weighted by atomic mass is 127. The van der Waals surface area contributed by atoms with E-state index in [0.29, 0.717) is 3.42 Å². The minimum absolute atomic E-state index is 0.00629. The van der Waals surface area contributed by atoms with E-state index in [4.69, 9.17) is 0 Å². The lowest BCUT2D eigenvalue weighted by Crippen LogP contribution is -2.12. The van der Waals surface area contributed by atoms with Crippen molar-refractivity contribution in [1.29, 1.82) is 0 Å². The molecule has 0 unspecified atom stereocenters. The first-order chi connectivity index (χ1) is 6.77. The Labute approximate surface area is 104 Å². The topological polar surface area (TPSA) is 0 Å². The van der Waals surface area contributed by atoms with Crippen molar-refractivity contribution >= 4 is 25.2 Å². The van der Waals surface area contributed by atoms with Gasteiger partial charge in [0, 0.05) is 3.42 Å². The monoisotopic (exact) mass is 316 g/mol. The molecule has 0 heterocycles. The first kappa shape index (κ1) is 12.9. The van der Waals surface area contributed by atoms with Crippen LogP contribution < -0.4 is 0 Å². The molecule has 1 aromatic rings. The molecule has 0 spiro atoms. The molecule has 84 valence electrons. The van der Waals surface area contributed by atoms with E-state index >= 15 is 0 Å². The third-order valence-electron chi connectivity index (χ3n) is 2.77. The van der Waals surface area contributed by atoms with Gasteiger partial charge in [0.1, 0.15) is 0 Å². The van der Waals surface area contributed by atoms with Gasteiger partial charge in [-0.05, 0) is 30.4 Å². The quantitative estimate of drug-likeness (QED) is 0.551. The summed E-state index contributed by atoms with van der Waals surface area (Å²) in [5.74, 6) is 0. The summed E-state index contributed by atoms with van der Waals surface area (Å²) in [6, 6.07) is 9.06. The van der Waals surface area contributed by atoms with E-state index in [9.17, 15) is 0 Å². The predicted octanol–water partition coefficient (Wildman–Crippen LogP) is 4.62. The summed E-state index contributed by atoms with van der Waals surface area (Å²) in [5.41, 5.74) is 3.09. The average Bonchev–Trinajstić information content (AvgIpc) is 2.17. The molecule has 0 aromatic heterocycles. The van der Waals surface area contributed by atoms with Crippen molar-refractivity contribution in [1.82, 2.24) is 0 Å². The molecule has 0 fully saturated rings. The number of hydrogen-bond donors (Lipinski definition) is 0. The predicted molar refractivity (Wildman–Crippen MR) is 79.3 cm³/mol. The van der Waals surface area contributed by atoms with Crippen LogP contribution in [0.5, 0.6) is 0 Å². The van der Waals surface area contributed by atoms with E-state index in [1.165, 1.54) is 11.1 Å². The lowest BCUT2D eigenvalue weighted by atomic mass is 9.86. The Morgan fingerprint density at radius 2 is 1.27 bits per heavy atom. The van der Waals surface area contributed by atoms with Crippen molar-refractivity contribution in [2.75, 3.05) is 0 Å². The second kappa shape index (κ2) is 4.36. The van der Waals surface area contributed by atoms with Gasteiger partial charge in [-0.2, -0.15) is 0 Å². The Balaban J connectivity index is 3.06. The van der Waals surface area contributed by atoms with Crippen LogP contribution in [-0.4, -0.2) is 4.51 Å². The Kier molecular flexibility index (Phi) is 3.75. The molecule has 0 bridgehead atoms. The molecule has 0 aliphatic heterocycles. The number of alkyl halides is 1. The molecule has 1 aromatic carbocycles. The van der Waals surface area contributed by atoms with Gasteiger partial charge in [-0.25, -0.2) is 0 Å². The molecule has 15 heavy (non-hydrogen) atoms.